The summed E-state index contributed by atoms with van der Waals surface area (Å²) in [5, 5.41) is 19.5. The normalized spacial score (nSPS) is 36.3. The summed E-state index contributed by atoms with van der Waals surface area (Å²) < 4.78 is 0. The molecule has 112 valence electrons. The van der Waals surface area contributed by atoms with Crippen molar-refractivity contribution in [2.45, 2.75) is 58.5 Å². The van der Waals surface area contributed by atoms with E-state index in [0.29, 0.717) is 12.5 Å². The lowest BCUT2D eigenvalue weighted by molar-refractivity contribution is 0.00694. The first-order valence-electron chi connectivity index (χ1n) is 8.06. The molecule has 0 aromatic heterocycles. The first kappa shape index (κ1) is 15.3. The molecule has 1 saturated carbocycles. The lowest BCUT2D eigenvalue weighted by atomic mass is 9.71. The summed E-state index contributed by atoms with van der Waals surface area (Å²) in [4.78, 5) is 2.52. The summed E-state index contributed by atoms with van der Waals surface area (Å²) in [6, 6.07) is 0. The molecule has 0 aromatic rings. The van der Waals surface area contributed by atoms with E-state index in [-0.39, 0.29) is 11.5 Å². The number of piperidine rings is 1. The van der Waals surface area contributed by atoms with Crippen molar-refractivity contribution < 1.29 is 10.2 Å². The first-order chi connectivity index (χ1) is 9.04. The van der Waals surface area contributed by atoms with E-state index in [9.17, 15) is 10.2 Å². The van der Waals surface area contributed by atoms with Gasteiger partial charge in [0.05, 0.1) is 6.10 Å². The summed E-state index contributed by atoms with van der Waals surface area (Å²) >= 11 is 0. The fraction of sp³-hybridized carbons (Fsp3) is 1.00. The van der Waals surface area contributed by atoms with Crippen molar-refractivity contribution in [2.75, 3.05) is 26.2 Å². The Bertz CT molecular complexity index is 264. The van der Waals surface area contributed by atoms with Gasteiger partial charge in [-0.1, -0.05) is 19.8 Å². The predicted octanol–water partition coefficient (Wildman–Crippen LogP) is 2.27. The summed E-state index contributed by atoms with van der Waals surface area (Å²) in [7, 11) is 0. The Labute approximate surface area is 118 Å². The summed E-state index contributed by atoms with van der Waals surface area (Å²) in [6.45, 7) is 7.83. The van der Waals surface area contributed by atoms with Gasteiger partial charge >= 0.3 is 0 Å². The van der Waals surface area contributed by atoms with Gasteiger partial charge in [-0.25, -0.2) is 0 Å². The maximum atomic E-state index is 9.83. The van der Waals surface area contributed by atoms with Crippen molar-refractivity contribution in [1.82, 2.24) is 4.90 Å². The third-order valence-electron chi connectivity index (χ3n) is 5.54. The highest BCUT2D eigenvalue weighted by atomic mass is 16.3. The standard InChI is InChI=1S/C16H31NO2/c1-13-3-7-16(12-18,8-4-13)11-17-9-5-15(6-10-17)14(2)19/h13-15,18-19H,3-12H2,1-2H3. The van der Waals surface area contributed by atoms with Crippen LogP contribution in [0.5, 0.6) is 0 Å². The highest BCUT2D eigenvalue weighted by Gasteiger charge is 2.36. The second kappa shape index (κ2) is 6.55. The molecule has 1 aliphatic carbocycles. The molecule has 2 N–H and O–H groups in total. The van der Waals surface area contributed by atoms with Crippen LogP contribution >= 0.6 is 0 Å². The zero-order valence-electron chi connectivity index (χ0n) is 12.6. The third kappa shape index (κ3) is 3.93. The maximum Gasteiger partial charge on any atom is 0.0541 e. The van der Waals surface area contributed by atoms with Gasteiger partial charge < -0.3 is 15.1 Å². The number of nitrogens with zero attached hydrogens (tertiary/aromatic N) is 1. The van der Waals surface area contributed by atoms with Gasteiger partial charge in [-0.05, 0) is 57.5 Å². The molecule has 2 aliphatic rings. The van der Waals surface area contributed by atoms with Crippen LogP contribution in [0.15, 0.2) is 0 Å². The number of aliphatic hydroxyl groups is 2. The summed E-state index contributed by atoms with van der Waals surface area (Å²) in [5.41, 5.74) is 0.157. The van der Waals surface area contributed by atoms with Crippen molar-refractivity contribution in [2.24, 2.45) is 17.3 Å². The molecule has 1 aliphatic heterocycles. The second-order valence-electron chi connectivity index (χ2n) is 7.19. The molecule has 0 radical (unpaired) electrons. The predicted molar refractivity (Wildman–Crippen MR) is 78.0 cm³/mol. The highest BCUT2D eigenvalue weighted by molar-refractivity contribution is 4.88. The lowest BCUT2D eigenvalue weighted by Gasteiger charge is -2.43. The molecular formula is C16H31NO2. The van der Waals surface area contributed by atoms with E-state index < -0.39 is 0 Å². The lowest BCUT2D eigenvalue weighted by Crippen LogP contribution is -2.46. The van der Waals surface area contributed by atoms with Crippen molar-refractivity contribution in [1.29, 1.82) is 0 Å². The third-order valence-corrected chi connectivity index (χ3v) is 5.54. The van der Waals surface area contributed by atoms with Crippen LogP contribution in [0, 0.1) is 17.3 Å². The average Bonchev–Trinajstić information content (AvgIpc) is 2.42. The van der Waals surface area contributed by atoms with Gasteiger partial charge in [0.1, 0.15) is 0 Å². The number of hydrogen-bond donors (Lipinski definition) is 2. The Morgan fingerprint density at radius 2 is 1.74 bits per heavy atom. The average molecular weight is 269 g/mol. The Kier molecular flexibility index (Phi) is 5.27. The number of likely N-dealkylation sites (tertiary alicyclic amines) is 1. The smallest absolute Gasteiger partial charge is 0.0541 e. The fourth-order valence-electron chi connectivity index (χ4n) is 3.81. The first-order valence-corrected chi connectivity index (χ1v) is 8.06. The molecule has 1 atom stereocenters. The number of hydrogen-bond acceptors (Lipinski definition) is 3. The van der Waals surface area contributed by atoms with Crippen molar-refractivity contribution in [3.63, 3.8) is 0 Å². The van der Waals surface area contributed by atoms with Crippen LogP contribution in [0.1, 0.15) is 52.4 Å². The molecule has 2 fully saturated rings. The van der Waals surface area contributed by atoms with Gasteiger partial charge in [-0.3, -0.25) is 0 Å². The van der Waals surface area contributed by atoms with Gasteiger partial charge in [0.15, 0.2) is 0 Å². The van der Waals surface area contributed by atoms with Gasteiger partial charge in [0.2, 0.25) is 0 Å². The van der Waals surface area contributed by atoms with Gasteiger partial charge in [0.25, 0.3) is 0 Å². The highest BCUT2D eigenvalue weighted by Crippen LogP contribution is 2.39. The molecule has 19 heavy (non-hydrogen) atoms. The Morgan fingerprint density at radius 3 is 2.21 bits per heavy atom. The van der Waals surface area contributed by atoms with E-state index in [1.807, 2.05) is 6.92 Å². The van der Waals surface area contributed by atoms with Crippen LogP contribution in [-0.2, 0) is 0 Å². The van der Waals surface area contributed by atoms with E-state index in [2.05, 4.69) is 11.8 Å². The SMILES string of the molecule is CC1CCC(CO)(CN2CCC(C(C)O)CC2)CC1. The van der Waals surface area contributed by atoms with Gasteiger partial charge in [-0.2, -0.15) is 0 Å². The number of aliphatic hydroxyl groups excluding tert-OH is 2. The Hall–Kier alpha value is -0.120. The monoisotopic (exact) mass is 269 g/mol. The maximum absolute atomic E-state index is 9.83. The van der Waals surface area contributed by atoms with E-state index in [1.54, 1.807) is 0 Å². The van der Waals surface area contributed by atoms with Crippen LogP contribution in [0.4, 0.5) is 0 Å². The largest absolute Gasteiger partial charge is 0.396 e. The molecule has 3 nitrogen and oxygen atoms in total. The molecule has 3 heteroatoms. The van der Waals surface area contributed by atoms with Crippen LogP contribution < -0.4 is 0 Å². The topological polar surface area (TPSA) is 43.7 Å². The molecule has 1 saturated heterocycles. The summed E-state index contributed by atoms with van der Waals surface area (Å²) in [6.07, 6.45) is 6.95. The zero-order chi connectivity index (χ0) is 13.9. The van der Waals surface area contributed by atoms with Crippen molar-refractivity contribution in [3.05, 3.63) is 0 Å². The molecule has 0 spiro atoms. The zero-order valence-corrected chi connectivity index (χ0v) is 12.6. The molecule has 2 rings (SSSR count). The molecule has 1 unspecified atom stereocenters. The minimum atomic E-state index is -0.163. The summed E-state index contributed by atoms with van der Waals surface area (Å²) in [5.74, 6) is 1.31. The van der Waals surface area contributed by atoms with Crippen LogP contribution in [0.25, 0.3) is 0 Å². The number of rotatable bonds is 4. The quantitative estimate of drug-likeness (QED) is 0.823. The Balaban J connectivity index is 1.83. The van der Waals surface area contributed by atoms with Crippen LogP contribution in [-0.4, -0.2) is 47.5 Å². The van der Waals surface area contributed by atoms with Crippen molar-refractivity contribution in [3.8, 4) is 0 Å². The Morgan fingerprint density at radius 1 is 1.16 bits per heavy atom. The van der Waals surface area contributed by atoms with E-state index >= 15 is 0 Å². The molecule has 0 amide bonds. The minimum absolute atomic E-state index is 0.157. The molecule has 0 aromatic carbocycles. The molecule has 0 bridgehead atoms. The van der Waals surface area contributed by atoms with E-state index in [4.69, 9.17) is 0 Å². The molecular weight excluding hydrogens is 238 g/mol. The van der Waals surface area contributed by atoms with Crippen LogP contribution in [0.3, 0.4) is 0 Å². The minimum Gasteiger partial charge on any atom is -0.396 e. The fourth-order valence-corrected chi connectivity index (χ4v) is 3.81. The molecule has 1 heterocycles. The van der Waals surface area contributed by atoms with Crippen LogP contribution in [0.2, 0.25) is 0 Å². The van der Waals surface area contributed by atoms with Gasteiger partial charge in [0, 0.05) is 18.6 Å². The van der Waals surface area contributed by atoms with E-state index in [1.165, 1.54) is 25.7 Å². The van der Waals surface area contributed by atoms with E-state index in [0.717, 1.165) is 38.4 Å². The van der Waals surface area contributed by atoms with Gasteiger partial charge in [-0.15, -0.1) is 0 Å². The second-order valence-corrected chi connectivity index (χ2v) is 7.19. The van der Waals surface area contributed by atoms with Crippen molar-refractivity contribution >= 4 is 0 Å².